The Morgan fingerprint density at radius 2 is 2.05 bits per heavy atom. The molecule has 0 bridgehead atoms. The first-order valence-corrected chi connectivity index (χ1v) is 6.42. The van der Waals surface area contributed by atoms with E-state index in [1.165, 1.54) is 11.6 Å². The van der Waals surface area contributed by atoms with Gasteiger partial charge in [0.2, 0.25) is 0 Å². The topological polar surface area (TPSA) is 32.3 Å². The van der Waals surface area contributed by atoms with Gasteiger partial charge in [0.1, 0.15) is 11.9 Å². The lowest BCUT2D eigenvalue weighted by Crippen LogP contribution is -2.21. The number of rotatable bonds is 2. The maximum Gasteiger partial charge on any atom is 0.129 e. The van der Waals surface area contributed by atoms with Gasteiger partial charge >= 0.3 is 0 Å². The maximum absolute atomic E-state index is 13.9. The molecular formula is C16H16FNO. The van der Waals surface area contributed by atoms with Gasteiger partial charge in [0.05, 0.1) is 6.04 Å². The molecule has 2 N–H and O–H groups in total. The third-order valence-electron chi connectivity index (χ3n) is 3.69. The SMILES string of the molecule is Cc1ccc(F)c(C(O)C2NCc3ccccc32)c1. The van der Waals surface area contributed by atoms with Crippen LogP contribution in [-0.2, 0) is 6.54 Å². The molecule has 3 heteroatoms. The van der Waals surface area contributed by atoms with E-state index >= 15 is 0 Å². The van der Waals surface area contributed by atoms with E-state index in [-0.39, 0.29) is 11.9 Å². The van der Waals surface area contributed by atoms with E-state index < -0.39 is 6.10 Å². The zero-order valence-electron chi connectivity index (χ0n) is 10.7. The van der Waals surface area contributed by atoms with Gasteiger partial charge in [-0.2, -0.15) is 0 Å². The molecule has 0 aromatic heterocycles. The van der Waals surface area contributed by atoms with Gasteiger partial charge < -0.3 is 10.4 Å². The van der Waals surface area contributed by atoms with Crippen LogP contribution >= 0.6 is 0 Å². The second kappa shape index (κ2) is 4.76. The third kappa shape index (κ3) is 2.15. The molecule has 0 saturated carbocycles. The number of hydrogen-bond donors (Lipinski definition) is 2. The van der Waals surface area contributed by atoms with Crippen LogP contribution in [0, 0.1) is 12.7 Å². The standard InChI is InChI=1S/C16H16FNO/c1-10-6-7-14(17)13(8-10)16(19)15-12-5-3-2-4-11(12)9-18-15/h2-8,15-16,18-19H,9H2,1H3. The van der Waals surface area contributed by atoms with Crippen molar-refractivity contribution in [2.45, 2.75) is 25.6 Å². The lowest BCUT2D eigenvalue weighted by molar-refractivity contribution is 0.129. The highest BCUT2D eigenvalue weighted by Crippen LogP contribution is 2.36. The van der Waals surface area contributed by atoms with E-state index in [2.05, 4.69) is 5.32 Å². The Hall–Kier alpha value is -1.71. The largest absolute Gasteiger partial charge is 0.386 e. The fraction of sp³-hybridized carbons (Fsp3) is 0.250. The van der Waals surface area contributed by atoms with Crippen molar-refractivity contribution in [3.05, 3.63) is 70.5 Å². The minimum atomic E-state index is -0.872. The Labute approximate surface area is 111 Å². The Bertz CT molecular complexity index is 611. The van der Waals surface area contributed by atoms with Crippen LogP contribution in [0.25, 0.3) is 0 Å². The molecular weight excluding hydrogens is 241 g/mol. The number of benzene rings is 2. The van der Waals surface area contributed by atoms with E-state index in [1.807, 2.05) is 31.2 Å². The smallest absolute Gasteiger partial charge is 0.129 e. The molecule has 0 fully saturated rings. The van der Waals surface area contributed by atoms with Crippen LogP contribution in [0.1, 0.15) is 34.4 Å². The molecule has 1 aliphatic rings. The van der Waals surface area contributed by atoms with E-state index in [0.29, 0.717) is 12.1 Å². The first kappa shape index (κ1) is 12.3. The van der Waals surface area contributed by atoms with Crippen LogP contribution in [0.4, 0.5) is 4.39 Å². The summed E-state index contributed by atoms with van der Waals surface area (Å²) < 4.78 is 13.9. The Morgan fingerprint density at radius 1 is 1.26 bits per heavy atom. The summed E-state index contributed by atoms with van der Waals surface area (Å²) in [6.45, 7) is 2.61. The van der Waals surface area contributed by atoms with Gasteiger partial charge in [0, 0.05) is 12.1 Å². The van der Waals surface area contributed by atoms with Crippen LogP contribution in [0.2, 0.25) is 0 Å². The van der Waals surface area contributed by atoms with Crippen LogP contribution in [0.3, 0.4) is 0 Å². The normalized spacial score (nSPS) is 19.2. The molecule has 0 spiro atoms. The van der Waals surface area contributed by atoms with Gasteiger partial charge in [0.25, 0.3) is 0 Å². The fourth-order valence-electron chi connectivity index (χ4n) is 2.68. The average molecular weight is 257 g/mol. The number of fused-ring (bicyclic) bond motifs is 1. The van der Waals surface area contributed by atoms with Gasteiger partial charge in [-0.05, 0) is 24.1 Å². The van der Waals surface area contributed by atoms with E-state index in [4.69, 9.17) is 0 Å². The quantitative estimate of drug-likeness (QED) is 0.866. The van der Waals surface area contributed by atoms with Crippen molar-refractivity contribution in [2.75, 3.05) is 0 Å². The summed E-state index contributed by atoms with van der Waals surface area (Å²) in [5.74, 6) is -0.357. The molecule has 0 aliphatic carbocycles. The fourth-order valence-corrected chi connectivity index (χ4v) is 2.68. The van der Waals surface area contributed by atoms with Gasteiger partial charge in [-0.15, -0.1) is 0 Å². The predicted molar refractivity (Wildman–Crippen MR) is 72.1 cm³/mol. The minimum Gasteiger partial charge on any atom is -0.386 e. The molecule has 0 saturated heterocycles. The highest BCUT2D eigenvalue weighted by atomic mass is 19.1. The minimum absolute atomic E-state index is 0.243. The number of halogens is 1. The second-order valence-electron chi connectivity index (χ2n) is 5.03. The summed E-state index contributed by atoms with van der Waals surface area (Å²) in [5, 5.41) is 13.7. The lowest BCUT2D eigenvalue weighted by atomic mass is 9.95. The Balaban J connectivity index is 1.97. The number of aliphatic hydroxyl groups is 1. The van der Waals surface area contributed by atoms with E-state index in [0.717, 1.165) is 11.1 Å². The molecule has 19 heavy (non-hydrogen) atoms. The molecule has 3 rings (SSSR count). The molecule has 98 valence electrons. The first-order valence-electron chi connectivity index (χ1n) is 6.42. The average Bonchev–Trinajstić information content (AvgIpc) is 2.84. The van der Waals surface area contributed by atoms with Crippen molar-refractivity contribution in [1.82, 2.24) is 5.32 Å². The first-order chi connectivity index (χ1) is 9.16. The number of aryl methyl sites for hydroxylation is 1. The molecule has 1 aliphatic heterocycles. The van der Waals surface area contributed by atoms with Crippen molar-refractivity contribution in [2.24, 2.45) is 0 Å². The maximum atomic E-state index is 13.9. The molecule has 2 unspecified atom stereocenters. The molecule has 2 atom stereocenters. The van der Waals surface area contributed by atoms with Gasteiger partial charge in [-0.3, -0.25) is 0 Å². The van der Waals surface area contributed by atoms with Crippen molar-refractivity contribution in [1.29, 1.82) is 0 Å². The summed E-state index contributed by atoms with van der Waals surface area (Å²) in [4.78, 5) is 0. The highest BCUT2D eigenvalue weighted by Gasteiger charge is 2.30. The van der Waals surface area contributed by atoms with Crippen molar-refractivity contribution in [3.8, 4) is 0 Å². The third-order valence-corrected chi connectivity index (χ3v) is 3.69. The molecule has 0 amide bonds. The number of hydrogen-bond acceptors (Lipinski definition) is 2. The number of aliphatic hydroxyl groups excluding tert-OH is 1. The summed E-state index contributed by atoms with van der Waals surface area (Å²) in [5.41, 5.74) is 3.52. The Morgan fingerprint density at radius 3 is 2.89 bits per heavy atom. The Kier molecular flexibility index (Phi) is 3.09. The highest BCUT2D eigenvalue weighted by molar-refractivity contribution is 5.37. The summed E-state index contributed by atoms with van der Waals surface area (Å²) >= 11 is 0. The zero-order chi connectivity index (χ0) is 13.4. The second-order valence-corrected chi connectivity index (χ2v) is 5.03. The van der Waals surface area contributed by atoms with Gasteiger partial charge in [-0.1, -0.05) is 42.0 Å². The molecule has 2 aromatic rings. The predicted octanol–water partition coefficient (Wildman–Crippen LogP) is 3.01. The molecule has 0 radical (unpaired) electrons. The molecule has 2 aromatic carbocycles. The van der Waals surface area contributed by atoms with Crippen LogP contribution in [-0.4, -0.2) is 5.11 Å². The van der Waals surface area contributed by atoms with E-state index in [1.54, 1.807) is 12.1 Å². The molecule has 1 heterocycles. The summed E-state index contributed by atoms with van der Waals surface area (Å²) in [7, 11) is 0. The van der Waals surface area contributed by atoms with E-state index in [9.17, 15) is 9.50 Å². The van der Waals surface area contributed by atoms with Gasteiger partial charge in [-0.25, -0.2) is 4.39 Å². The summed E-state index contributed by atoms with van der Waals surface area (Å²) in [6.07, 6.45) is -0.872. The van der Waals surface area contributed by atoms with Crippen molar-refractivity contribution in [3.63, 3.8) is 0 Å². The summed E-state index contributed by atoms with van der Waals surface area (Å²) in [6, 6.07) is 12.5. The van der Waals surface area contributed by atoms with Crippen LogP contribution < -0.4 is 5.32 Å². The monoisotopic (exact) mass is 257 g/mol. The zero-order valence-corrected chi connectivity index (χ0v) is 10.7. The van der Waals surface area contributed by atoms with Crippen LogP contribution in [0.5, 0.6) is 0 Å². The van der Waals surface area contributed by atoms with Gasteiger partial charge in [0.15, 0.2) is 0 Å². The van der Waals surface area contributed by atoms with Crippen LogP contribution in [0.15, 0.2) is 42.5 Å². The lowest BCUT2D eigenvalue weighted by Gasteiger charge is -2.21. The molecule has 2 nitrogen and oxygen atoms in total. The van der Waals surface area contributed by atoms with Crippen molar-refractivity contribution >= 4 is 0 Å². The van der Waals surface area contributed by atoms with Crippen molar-refractivity contribution < 1.29 is 9.50 Å². The number of nitrogens with one attached hydrogen (secondary N) is 1.